The third-order valence-electron chi connectivity index (χ3n) is 8.65. The molecule has 0 saturated heterocycles. The Morgan fingerprint density at radius 2 is 1.37 bits per heavy atom. The van der Waals surface area contributed by atoms with Crippen LogP contribution in [0.3, 0.4) is 0 Å². The second kappa shape index (κ2) is 16.2. The Morgan fingerprint density at radius 3 is 1.94 bits per heavy atom. The summed E-state index contributed by atoms with van der Waals surface area (Å²) < 4.78 is 5.73. The van der Waals surface area contributed by atoms with Gasteiger partial charge in [-0.15, -0.1) is 0 Å². The fraction of sp³-hybridized carbons (Fsp3) is 0.727. The SMILES string of the molecule is CCCCC[C@H]1CC[C@H](C=CCCc2ccc(OC(=O)[C@H]3CC[C@H](CCCCC)CC3)cc2)CC1. The summed E-state index contributed by atoms with van der Waals surface area (Å²) in [5.74, 6) is 3.39. The lowest BCUT2D eigenvalue weighted by atomic mass is 9.79. The van der Waals surface area contributed by atoms with E-state index in [0.717, 1.165) is 43.4 Å². The van der Waals surface area contributed by atoms with Crippen molar-refractivity contribution in [2.45, 2.75) is 129 Å². The summed E-state index contributed by atoms with van der Waals surface area (Å²) in [6.45, 7) is 4.56. The molecule has 1 aromatic rings. The highest BCUT2D eigenvalue weighted by molar-refractivity contribution is 5.75. The van der Waals surface area contributed by atoms with Crippen LogP contribution in [0.4, 0.5) is 0 Å². The van der Waals surface area contributed by atoms with Gasteiger partial charge in [-0.3, -0.25) is 4.79 Å². The molecule has 2 aliphatic carbocycles. The number of benzene rings is 1. The summed E-state index contributed by atoms with van der Waals surface area (Å²) in [5.41, 5.74) is 1.32. The van der Waals surface area contributed by atoms with E-state index < -0.39 is 0 Å². The summed E-state index contributed by atoms with van der Waals surface area (Å²) in [7, 11) is 0. The van der Waals surface area contributed by atoms with Gasteiger partial charge in [-0.25, -0.2) is 0 Å². The highest BCUT2D eigenvalue weighted by atomic mass is 16.5. The van der Waals surface area contributed by atoms with Gasteiger partial charge in [0, 0.05) is 0 Å². The zero-order valence-corrected chi connectivity index (χ0v) is 22.8. The van der Waals surface area contributed by atoms with E-state index in [1.165, 1.54) is 95.5 Å². The monoisotopic (exact) mass is 480 g/mol. The zero-order valence-electron chi connectivity index (χ0n) is 22.8. The van der Waals surface area contributed by atoms with Crippen molar-refractivity contribution < 1.29 is 9.53 Å². The van der Waals surface area contributed by atoms with Gasteiger partial charge in [0.05, 0.1) is 5.92 Å². The minimum Gasteiger partial charge on any atom is -0.426 e. The van der Waals surface area contributed by atoms with E-state index in [0.29, 0.717) is 5.75 Å². The van der Waals surface area contributed by atoms with Crippen molar-refractivity contribution in [3.8, 4) is 5.75 Å². The van der Waals surface area contributed by atoms with E-state index in [1.807, 2.05) is 12.1 Å². The first-order valence-corrected chi connectivity index (χ1v) is 15.1. The first kappa shape index (κ1) is 28.0. The lowest BCUT2D eigenvalue weighted by molar-refractivity contribution is -0.140. The lowest BCUT2D eigenvalue weighted by Crippen LogP contribution is -2.25. The average Bonchev–Trinajstić information content (AvgIpc) is 2.89. The van der Waals surface area contributed by atoms with Crippen molar-refractivity contribution >= 4 is 5.97 Å². The largest absolute Gasteiger partial charge is 0.426 e. The third kappa shape index (κ3) is 10.5. The van der Waals surface area contributed by atoms with E-state index in [-0.39, 0.29) is 11.9 Å². The molecule has 0 atom stereocenters. The van der Waals surface area contributed by atoms with Gasteiger partial charge in [0.1, 0.15) is 5.75 Å². The smallest absolute Gasteiger partial charge is 0.314 e. The van der Waals surface area contributed by atoms with Crippen molar-refractivity contribution in [1.82, 2.24) is 0 Å². The summed E-state index contributed by atoms with van der Waals surface area (Å²) in [6.07, 6.45) is 28.0. The average molecular weight is 481 g/mol. The van der Waals surface area contributed by atoms with Crippen LogP contribution >= 0.6 is 0 Å². The number of carbonyl (C=O) groups is 1. The van der Waals surface area contributed by atoms with Crippen molar-refractivity contribution in [2.75, 3.05) is 0 Å². The van der Waals surface area contributed by atoms with Gasteiger partial charge in [0.15, 0.2) is 0 Å². The maximum atomic E-state index is 12.6. The molecule has 0 aliphatic heterocycles. The van der Waals surface area contributed by atoms with Crippen molar-refractivity contribution in [1.29, 1.82) is 0 Å². The van der Waals surface area contributed by atoms with Gasteiger partial charge >= 0.3 is 5.97 Å². The van der Waals surface area contributed by atoms with E-state index in [9.17, 15) is 4.79 Å². The minimum atomic E-state index is -0.0206. The predicted octanol–water partition coefficient (Wildman–Crippen LogP) is 9.85. The molecule has 1 aromatic carbocycles. The molecule has 2 fully saturated rings. The standard InChI is InChI=1S/C33H52O2/c1-3-5-7-11-27-15-17-28(18-16-27)13-9-10-14-30-21-25-32(26-22-30)35-33(34)31-23-19-29(20-24-31)12-8-6-4-2/h9,13,21-22,25-29,31H,3-8,10-12,14-20,23-24H2,1-2H3/t27-,28-,29-,31-. The number of aryl methyl sites for hydroxylation is 1. The Morgan fingerprint density at radius 1 is 0.800 bits per heavy atom. The molecule has 2 saturated carbocycles. The molecular weight excluding hydrogens is 428 g/mol. The Kier molecular flexibility index (Phi) is 13.0. The number of rotatable bonds is 14. The molecule has 0 radical (unpaired) electrons. The van der Waals surface area contributed by atoms with Gasteiger partial charge in [0.2, 0.25) is 0 Å². The van der Waals surface area contributed by atoms with Crippen LogP contribution in [0.5, 0.6) is 5.75 Å². The van der Waals surface area contributed by atoms with Crippen molar-refractivity contribution in [3.63, 3.8) is 0 Å². The molecule has 0 heterocycles. The number of hydrogen-bond donors (Lipinski definition) is 0. The number of allylic oxidation sites excluding steroid dienone is 2. The van der Waals surface area contributed by atoms with Crippen LogP contribution in [-0.2, 0) is 11.2 Å². The number of hydrogen-bond acceptors (Lipinski definition) is 2. The zero-order chi connectivity index (χ0) is 24.7. The quantitative estimate of drug-likeness (QED) is 0.115. The number of carbonyl (C=O) groups excluding carboxylic acids is 1. The summed E-state index contributed by atoms with van der Waals surface area (Å²) >= 11 is 0. The molecule has 2 aliphatic rings. The molecule has 0 amide bonds. The first-order chi connectivity index (χ1) is 17.2. The molecule has 0 N–H and O–H groups in total. The molecule has 35 heavy (non-hydrogen) atoms. The third-order valence-corrected chi connectivity index (χ3v) is 8.65. The molecule has 3 rings (SSSR count). The van der Waals surface area contributed by atoms with Crippen LogP contribution in [0.2, 0.25) is 0 Å². The summed E-state index contributed by atoms with van der Waals surface area (Å²) in [4.78, 5) is 12.6. The maximum absolute atomic E-state index is 12.6. The molecule has 196 valence electrons. The first-order valence-electron chi connectivity index (χ1n) is 15.1. The van der Waals surface area contributed by atoms with E-state index >= 15 is 0 Å². The van der Waals surface area contributed by atoms with Crippen LogP contribution in [0.25, 0.3) is 0 Å². The van der Waals surface area contributed by atoms with Gasteiger partial charge in [-0.05, 0) is 99.7 Å². The number of esters is 1. The normalized spacial score (nSPS) is 25.1. The second-order valence-corrected chi connectivity index (χ2v) is 11.5. The Balaban J connectivity index is 1.29. The Labute approximate surface area is 216 Å². The Hall–Kier alpha value is -1.57. The molecule has 2 nitrogen and oxygen atoms in total. The molecular formula is C33H52O2. The molecule has 2 heteroatoms. The highest BCUT2D eigenvalue weighted by Crippen LogP contribution is 2.34. The molecule has 0 aromatic heterocycles. The molecule has 0 unspecified atom stereocenters. The topological polar surface area (TPSA) is 26.3 Å². The van der Waals surface area contributed by atoms with E-state index in [1.54, 1.807) is 0 Å². The molecule has 0 bridgehead atoms. The van der Waals surface area contributed by atoms with Gasteiger partial charge in [0.25, 0.3) is 0 Å². The van der Waals surface area contributed by atoms with Gasteiger partial charge < -0.3 is 4.74 Å². The lowest BCUT2D eigenvalue weighted by Gasteiger charge is -2.27. The van der Waals surface area contributed by atoms with E-state index in [2.05, 4.69) is 38.1 Å². The highest BCUT2D eigenvalue weighted by Gasteiger charge is 2.27. The molecule has 0 spiro atoms. The predicted molar refractivity (Wildman–Crippen MR) is 149 cm³/mol. The fourth-order valence-electron chi connectivity index (χ4n) is 6.18. The van der Waals surface area contributed by atoms with Crippen LogP contribution < -0.4 is 4.74 Å². The van der Waals surface area contributed by atoms with Gasteiger partial charge in [-0.1, -0.05) is 89.5 Å². The second-order valence-electron chi connectivity index (χ2n) is 11.5. The summed E-state index contributed by atoms with van der Waals surface area (Å²) in [5, 5.41) is 0. The van der Waals surface area contributed by atoms with Crippen LogP contribution in [-0.4, -0.2) is 5.97 Å². The van der Waals surface area contributed by atoms with Gasteiger partial charge in [-0.2, -0.15) is 0 Å². The van der Waals surface area contributed by atoms with E-state index in [4.69, 9.17) is 4.74 Å². The van der Waals surface area contributed by atoms with Crippen LogP contribution in [0.1, 0.15) is 129 Å². The summed E-state index contributed by atoms with van der Waals surface area (Å²) in [6, 6.07) is 8.21. The Bertz CT molecular complexity index is 718. The van der Waals surface area contributed by atoms with Crippen LogP contribution in [0.15, 0.2) is 36.4 Å². The maximum Gasteiger partial charge on any atom is 0.314 e. The number of unbranched alkanes of at least 4 members (excludes halogenated alkanes) is 4. The fourth-order valence-corrected chi connectivity index (χ4v) is 6.18. The van der Waals surface area contributed by atoms with Crippen molar-refractivity contribution in [2.24, 2.45) is 23.7 Å². The number of ether oxygens (including phenoxy) is 1. The minimum absolute atomic E-state index is 0.0206. The van der Waals surface area contributed by atoms with Crippen LogP contribution in [0, 0.1) is 23.7 Å². The van der Waals surface area contributed by atoms with Crippen molar-refractivity contribution in [3.05, 3.63) is 42.0 Å².